The fourth-order valence-corrected chi connectivity index (χ4v) is 5.44. The number of aromatic hydroxyl groups is 2. The van der Waals surface area contributed by atoms with Gasteiger partial charge in [0.05, 0.1) is 12.1 Å². The number of phenolic OH excluding ortho intramolecular Hbond substituents is 2. The zero-order valence-corrected chi connectivity index (χ0v) is 22.9. The second-order valence-electron chi connectivity index (χ2n) is 10.7. The zero-order chi connectivity index (χ0) is 29.4. The molecule has 0 spiro atoms. The number of carbonyl (C=O) groups is 3. The van der Waals surface area contributed by atoms with Crippen molar-refractivity contribution in [2.45, 2.75) is 58.6 Å². The Kier molecular flexibility index (Phi) is 7.77. The van der Waals surface area contributed by atoms with Crippen molar-refractivity contribution in [3.63, 3.8) is 0 Å². The van der Waals surface area contributed by atoms with Gasteiger partial charge in [-0.2, -0.15) is 0 Å². The highest BCUT2D eigenvalue weighted by atomic mass is 16.6. The van der Waals surface area contributed by atoms with Crippen LogP contribution in [0.15, 0.2) is 48.5 Å². The van der Waals surface area contributed by atoms with E-state index in [0.29, 0.717) is 34.2 Å². The van der Waals surface area contributed by atoms with Crippen molar-refractivity contribution in [3.8, 4) is 11.5 Å². The maximum atomic E-state index is 13.1. The summed E-state index contributed by atoms with van der Waals surface area (Å²) in [6.45, 7) is 6.33. The van der Waals surface area contributed by atoms with E-state index < -0.39 is 30.2 Å². The van der Waals surface area contributed by atoms with E-state index >= 15 is 0 Å². The summed E-state index contributed by atoms with van der Waals surface area (Å²) in [6, 6.07) is 14.1. The molecule has 0 bridgehead atoms. The van der Waals surface area contributed by atoms with Crippen LogP contribution in [-0.2, 0) is 34.5 Å². The number of nitrogens with zero attached hydrogens (tertiary/aromatic N) is 1. The fourth-order valence-electron chi connectivity index (χ4n) is 5.44. The number of carbonyl (C=O) groups excluding carboxylic acids is 1. The Bertz CT molecular complexity index is 1490. The van der Waals surface area contributed by atoms with Crippen LogP contribution in [0.25, 0.3) is 0 Å². The molecule has 1 aliphatic heterocycles. The number of rotatable bonds is 9. The minimum atomic E-state index is -1.42. The van der Waals surface area contributed by atoms with Crippen molar-refractivity contribution in [2.75, 3.05) is 6.54 Å². The molecule has 0 saturated heterocycles. The summed E-state index contributed by atoms with van der Waals surface area (Å²) >= 11 is 0. The average Bonchev–Trinajstić information content (AvgIpc) is 3.15. The quantitative estimate of drug-likeness (QED) is 0.266. The number of phenols is 2. The first kappa shape index (κ1) is 28.5. The number of hydrogen-bond donors (Lipinski definition) is 4. The number of carboxylic acids is 1. The third kappa shape index (κ3) is 5.45. The smallest absolute Gasteiger partial charge is 0.408 e. The van der Waals surface area contributed by atoms with E-state index in [0.717, 1.165) is 21.6 Å². The molecule has 9 heteroatoms. The van der Waals surface area contributed by atoms with Gasteiger partial charge < -0.3 is 25.2 Å². The average molecular weight is 548 g/mol. The molecular formula is C31H33NO8. The minimum absolute atomic E-state index is 0.0832. The molecule has 3 aromatic rings. The molecule has 1 amide bonds. The highest BCUT2D eigenvalue weighted by Gasteiger charge is 2.46. The monoisotopic (exact) mass is 547 g/mol. The summed E-state index contributed by atoms with van der Waals surface area (Å²) in [7, 11) is 0. The van der Waals surface area contributed by atoms with Gasteiger partial charge in [-0.05, 0) is 65.8 Å². The summed E-state index contributed by atoms with van der Waals surface area (Å²) < 4.78 is 6.16. The van der Waals surface area contributed by atoms with Gasteiger partial charge in [-0.3, -0.25) is 9.69 Å². The van der Waals surface area contributed by atoms with Crippen LogP contribution in [0, 0.1) is 13.8 Å². The number of aliphatic carboxylic acids is 1. The second kappa shape index (κ2) is 10.9. The van der Waals surface area contributed by atoms with Crippen molar-refractivity contribution < 1.29 is 39.5 Å². The van der Waals surface area contributed by atoms with Gasteiger partial charge in [-0.15, -0.1) is 0 Å². The molecule has 1 aliphatic rings. The van der Waals surface area contributed by atoms with E-state index in [-0.39, 0.29) is 30.4 Å². The first-order valence-corrected chi connectivity index (χ1v) is 13.0. The summed E-state index contributed by atoms with van der Waals surface area (Å²) in [5.41, 5.74) is 3.96. The van der Waals surface area contributed by atoms with Crippen LogP contribution >= 0.6 is 0 Å². The number of hydrogen-bond acceptors (Lipinski definition) is 6. The zero-order valence-electron chi connectivity index (χ0n) is 22.9. The highest BCUT2D eigenvalue weighted by Crippen LogP contribution is 2.45. The first-order valence-electron chi connectivity index (χ1n) is 13.0. The lowest BCUT2D eigenvalue weighted by atomic mass is 9.78. The molecule has 40 heavy (non-hydrogen) atoms. The maximum Gasteiger partial charge on any atom is 0.408 e. The molecule has 210 valence electrons. The molecule has 0 aliphatic carbocycles. The highest BCUT2D eigenvalue weighted by molar-refractivity contribution is 5.95. The van der Waals surface area contributed by atoms with Gasteiger partial charge in [-0.25, -0.2) is 9.59 Å². The number of aryl methyl sites for hydroxylation is 1. The molecule has 0 fully saturated rings. The van der Waals surface area contributed by atoms with E-state index in [2.05, 4.69) is 0 Å². The molecule has 1 heterocycles. The summed E-state index contributed by atoms with van der Waals surface area (Å²) in [6.07, 6.45) is -0.883. The Morgan fingerprint density at radius 2 is 1.65 bits per heavy atom. The van der Waals surface area contributed by atoms with E-state index in [1.54, 1.807) is 37.3 Å². The van der Waals surface area contributed by atoms with E-state index in [1.165, 1.54) is 0 Å². The third-order valence-corrected chi connectivity index (χ3v) is 7.60. The molecule has 0 aromatic heterocycles. The van der Waals surface area contributed by atoms with Crippen LogP contribution in [0.2, 0.25) is 0 Å². The van der Waals surface area contributed by atoms with Crippen molar-refractivity contribution >= 4 is 18.0 Å². The number of benzene rings is 3. The Balaban J connectivity index is 1.88. The Hall–Kier alpha value is -4.53. The fraction of sp³-hybridized carbons (Fsp3) is 0.323. The number of carboxylic acid groups (broad SMARTS) is 2. The molecule has 3 aromatic carbocycles. The topological polar surface area (TPSA) is 145 Å². The molecule has 4 rings (SSSR count). The van der Waals surface area contributed by atoms with Crippen LogP contribution in [0.1, 0.15) is 69.1 Å². The molecular weight excluding hydrogens is 514 g/mol. The summed E-state index contributed by atoms with van der Waals surface area (Å²) in [5, 5.41) is 40.0. The van der Waals surface area contributed by atoms with Crippen LogP contribution in [0.5, 0.6) is 11.5 Å². The van der Waals surface area contributed by atoms with Crippen LogP contribution in [0.3, 0.4) is 0 Å². The van der Waals surface area contributed by atoms with E-state index in [1.807, 2.05) is 39.0 Å². The number of cyclic esters (lactones) is 1. The minimum Gasteiger partial charge on any atom is -0.508 e. The van der Waals surface area contributed by atoms with Crippen molar-refractivity contribution in [1.29, 1.82) is 0 Å². The normalized spacial score (nSPS) is 16.1. The number of fused-ring (bicyclic) bond motifs is 1. The Morgan fingerprint density at radius 3 is 2.27 bits per heavy atom. The van der Waals surface area contributed by atoms with Crippen LogP contribution in [-0.4, -0.2) is 49.9 Å². The van der Waals surface area contributed by atoms with Gasteiger partial charge in [0, 0.05) is 24.0 Å². The lowest BCUT2D eigenvalue weighted by molar-refractivity contribution is -0.138. The van der Waals surface area contributed by atoms with Crippen molar-refractivity contribution in [1.82, 2.24) is 4.90 Å². The maximum absolute atomic E-state index is 13.1. The molecule has 1 atom stereocenters. The largest absolute Gasteiger partial charge is 0.508 e. The van der Waals surface area contributed by atoms with Gasteiger partial charge in [-0.1, -0.05) is 44.2 Å². The molecule has 0 saturated carbocycles. The number of amides is 1. The van der Waals surface area contributed by atoms with Gasteiger partial charge >= 0.3 is 18.0 Å². The number of ether oxygens (including phenoxy) is 1. The second-order valence-corrected chi connectivity index (χ2v) is 10.7. The van der Waals surface area contributed by atoms with Crippen LogP contribution < -0.4 is 0 Å². The van der Waals surface area contributed by atoms with Gasteiger partial charge in [0.1, 0.15) is 23.6 Å². The Labute approximate surface area is 232 Å². The van der Waals surface area contributed by atoms with E-state index in [4.69, 9.17) is 4.74 Å². The summed E-state index contributed by atoms with van der Waals surface area (Å²) in [4.78, 5) is 37.0. The molecule has 0 radical (unpaired) electrons. The third-order valence-electron chi connectivity index (χ3n) is 7.60. The SMILES string of the molecule is Cc1cc(O)ccc1CC1(Cc2cc(C(C)C)c(O)c(CN(CC(=O)O)C(=O)O)c2C)OC(=O)c2ccccc21. The van der Waals surface area contributed by atoms with Crippen molar-refractivity contribution in [2.24, 2.45) is 0 Å². The van der Waals surface area contributed by atoms with Crippen LogP contribution in [0.4, 0.5) is 4.79 Å². The predicted octanol–water partition coefficient (Wildman–Crippen LogP) is 5.25. The molecule has 9 nitrogen and oxygen atoms in total. The standard InChI is InChI=1S/C31H33NO8/c1-17(2)24-12-21(19(4)25(28(24)36)15-32(30(38)39)16-27(34)35)14-31(13-20-9-10-22(33)11-18(20)3)26-8-6-5-7-23(26)29(37)40-31/h5-12,17,33,36H,13-16H2,1-4H3,(H,34,35)(H,38,39). The summed E-state index contributed by atoms with van der Waals surface area (Å²) in [5.74, 6) is -1.85. The van der Waals surface area contributed by atoms with Gasteiger partial charge in [0.2, 0.25) is 0 Å². The molecule has 1 unspecified atom stereocenters. The van der Waals surface area contributed by atoms with Gasteiger partial charge in [0.25, 0.3) is 0 Å². The van der Waals surface area contributed by atoms with E-state index in [9.17, 15) is 34.8 Å². The lowest BCUT2D eigenvalue weighted by Gasteiger charge is -2.32. The Morgan fingerprint density at radius 1 is 0.975 bits per heavy atom. The molecule has 4 N–H and O–H groups in total. The number of esters is 1. The lowest BCUT2D eigenvalue weighted by Crippen LogP contribution is -2.35. The predicted molar refractivity (Wildman–Crippen MR) is 147 cm³/mol. The first-order chi connectivity index (χ1) is 18.8. The van der Waals surface area contributed by atoms with Gasteiger partial charge in [0.15, 0.2) is 0 Å². The van der Waals surface area contributed by atoms with Crippen molar-refractivity contribution in [3.05, 3.63) is 93.0 Å².